The summed E-state index contributed by atoms with van der Waals surface area (Å²) < 4.78 is 5.97. The average molecular weight is 569 g/mol. The van der Waals surface area contributed by atoms with Gasteiger partial charge in [-0.15, -0.1) is 0 Å². The van der Waals surface area contributed by atoms with E-state index >= 15 is 0 Å². The molecule has 1 heterocycles. The second-order valence-corrected chi connectivity index (χ2v) is 9.16. The molecular weight excluding hydrogens is 512 g/mol. The summed E-state index contributed by atoms with van der Waals surface area (Å²) in [5, 5.41) is 3.02. The Balaban J connectivity index is 0.00000263. The summed E-state index contributed by atoms with van der Waals surface area (Å²) in [5.41, 5.74) is 15.2. The molecule has 228 valence electrons. The molecule has 3 rings (SSSR count). The predicted molar refractivity (Wildman–Crippen MR) is 190 cm³/mol. The number of ether oxygens (including phenoxy) is 1. The highest BCUT2D eigenvalue weighted by atomic mass is 16.5. The van der Waals surface area contributed by atoms with Crippen molar-refractivity contribution in [2.75, 3.05) is 7.05 Å². The minimum Gasteiger partial charge on any atom is -0.464 e. The molecule has 0 saturated carbocycles. The monoisotopic (exact) mass is 568 g/mol. The quantitative estimate of drug-likeness (QED) is 0.296. The van der Waals surface area contributed by atoms with Gasteiger partial charge in [0, 0.05) is 23.9 Å². The zero-order valence-electron chi connectivity index (χ0n) is 27.9. The van der Waals surface area contributed by atoms with Gasteiger partial charge in [-0.3, -0.25) is 0 Å². The predicted octanol–water partition coefficient (Wildman–Crippen LogP) is 10.8. The minimum absolute atomic E-state index is 0.302. The second kappa shape index (κ2) is 22.7. The molecule has 0 fully saturated rings. The summed E-state index contributed by atoms with van der Waals surface area (Å²) in [5.74, 6) is 1.14. The van der Waals surface area contributed by atoms with E-state index in [1.807, 2.05) is 91.2 Å². The van der Waals surface area contributed by atoms with Gasteiger partial charge < -0.3 is 15.8 Å². The van der Waals surface area contributed by atoms with E-state index in [-0.39, 0.29) is 0 Å². The molecule has 3 heteroatoms. The van der Waals surface area contributed by atoms with E-state index in [2.05, 4.69) is 81.2 Å². The standard InChI is InChI=1S/C33H38N2O.3C2H6/c1-24(21-32(34)29-16-9-8-13-25(29)2)17-18-27(4)30-23-33-31(26(3)14-10-12-20-36-33)22-28(30)15-7-6-11-19-35-5;3*1-2/h6-14,16-17,19-23,27,35H,3,15,18,34H2,1-2,4-5H3;3*1-2H3/b7-6-,14-10-,19-11-,20-12-,24-17-,32-21-;;;/t27-;;;/m1.../s1. The van der Waals surface area contributed by atoms with E-state index in [1.165, 1.54) is 16.7 Å². The molecule has 42 heavy (non-hydrogen) atoms. The molecule has 1 aliphatic heterocycles. The number of hydrogen-bond acceptors (Lipinski definition) is 3. The van der Waals surface area contributed by atoms with Crippen LogP contribution in [0.25, 0.3) is 11.3 Å². The zero-order chi connectivity index (χ0) is 31.9. The summed E-state index contributed by atoms with van der Waals surface area (Å²) in [7, 11) is 1.89. The van der Waals surface area contributed by atoms with Crippen molar-refractivity contribution in [2.24, 2.45) is 5.73 Å². The summed E-state index contributed by atoms with van der Waals surface area (Å²) in [6.07, 6.45) is 21.8. The Kier molecular flexibility index (Phi) is 20.5. The fraction of sp³-hybridized carbons (Fsp3) is 0.333. The van der Waals surface area contributed by atoms with Crippen LogP contribution in [0.3, 0.4) is 0 Å². The maximum Gasteiger partial charge on any atom is 0.134 e. The van der Waals surface area contributed by atoms with Gasteiger partial charge in [0.2, 0.25) is 0 Å². The first kappa shape index (κ1) is 38.0. The third-order valence-corrected chi connectivity index (χ3v) is 6.28. The van der Waals surface area contributed by atoms with Gasteiger partial charge in [-0.05, 0) is 91.4 Å². The van der Waals surface area contributed by atoms with Gasteiger partial charge in [0.05, 0.1) is 6.26 Å². The van der Waals surface area contributed by atoms with Crippen molar-refractivity contribution < 1.29 is 4.74 Å². The highest BCUT2D eigenvalue weighted by molar-refractivity contribution is 5.78. The highest BCUT2D eigenvalue weighted by Gasteiger charge is 2.16. The lowest BCUT2D eigenvalue weighted by molar-refractivity contribution is 0.478. The van der Waals surface area contributed by atoms with Crippen LogP contribution in [0, 0.1) is 6.92 Å². The van der Waals surface area contributed by atoms with Crippen LogP contribution in [0.1, 0.15) is 95.5 Å². The number of benzene rings is 2. The Hall–Kier alpha value is -3.98. The van der Waals surface area contributed by atoms with Crippen LogP contribution in [0.15, 0.2) is 110 Å². The second-order valence-electron chi connectivity index (χ2n) is 9.16. The Labute approximate surface area is 258 Å². The van der Waals surface area contributed by atoms with Crippen LogP contribution < -0.4 is 15.8 Å². The average Bonchev–Trinajstić information content (AvgIpc) is 3.01. The van der Waals surface area contributed by atoms with Gasteiger partial charge in [-0.2, -0.15) is 0 Å². The van der Waals surface area contributed by atoms with Gasteiger partial charge in [-0.1, -0.05) is 115 Å². The van der Waals surface area contributed by atoms with Gasteiger partial charge >= 0.3 is 0 Å². The SMILES string of the molecule is C=C1/C=C\C=C/Oc2cc([C@H](C)C/C=C(C)\C=C(/N)c3ccccc3C)c(C/C=C\C=C/NC)cc21.CC.CC.CC. The molecule has 3 nitrogen and oxygen atoms in total. The molecule has 0 unspecified atom stereocenters. The van der Waals surface area contributed by atoms with Crippen LogP contribution in [0.5, 0.6) is 5.75 Å². The Morgan fingerprint density at radius 1 is 1.02 bits per heavy atom. The summed E-state index contributed by atoms with van der Waals surface area (Å²) in [4.78, 5) is 0. The first-order valence-corrected chi connectivity index (χ1v) is 15.5. The van der Waals surface area contributed by atoms with Crippen molar-refractivity contribution >= 4 is 11.3 Å². The molecule has 1 atom stereocenters. The third kappa shape index (κ3) is 12.7. The molecule has 0 amide bonds. The van der Waals surface area contributed by atoms with E-state index in [1.54, 1.807) is 6.26 Å². The number of hydrogen-bond donors (Lipinski definition) is 2. The van der Waals surface area contributed by atoms with Gasteiger partial charge in [-0.25, -0.2) is 0 Å². The zero-order valence-corrected chi connectivity index (χ0v) is 27.9. The summed E-state index contributed by atoms with van der Waals surface area (Å²) in [6, 6.07) is 12.6. The molecule has 2 aromatic rings. The number of allylic oxidation sites excluding steroid dienone is 10. The van der Waals surface area contributed by atoms with E-state index in [4.69, 9.17) is 10.5 Å². The molecule has 0 bridgehead atoms. The minimum atomic E-state index is 0.302. The molecule has 0 aliphatic carbocycles. The summed E-state index contributed by atoms with van der Waals surface area (Å²) in [6.45, 7) is 22.7. The van der Waals surface area contributed by atoms with E-state index in [0.717, 1.165) is 46.6 Å². The lowest BCUT2D eigenvalue weighted by atomic mass is 9.88. The van der Waals surface area contributed by atoms with E-state index in [9.17, 15) is 0 Å². The largest absolute Gasteiger partial charge is 0.464 e. The van der Waals surface area contributed by atoms with Crippen molar-refractivity contribution in [3.63, 3.8) is 0 Å². The Morgan fingerprint density at radius 3 is 2.38 bits per heavy atom. The maximum atomic E-state index is 6.41. The van der Waals surface area contributed by atoms with Crippen LogP contribution in [0.4, 0.5) is 0 Å². The number of rotatable bonds is 9. The van der Waals surface area contributed by atoms with Crippen LogP contribution in [-0.2, 0) is 6.42 Å². The highest BCUT2D eigenvalue weighted by Crippen LogP contribution is 2.35. The van der Waals surface area contributed by atoms with Crippen molar-refractivity contribution in [1.82, 2.24) is 5.32 Å². The number of fused-ring (bicyclic) bond motifs is 1. The molecule has 2 aromatic carbocycles. The lowest BCUT2D eigenvalue weighted by Crippen LogP contribution is -2.03. The van der Waals surface area contributed by atoms with E-state index in [0.29, 0.717) is 5.92 Å². The fourth-order valence-electron chi connectivity index (χ4n) is 4.24. The van der Waals surface area contributed by atoms with Crippen molar-refractivity contribution in [1.29, 1.82) is 0 Å². The number of aryl methyl sites for hydroxylation is 1. The number of nitrogens with two attached hydrogens (primary N) is 1. The Bertz CT molecular complexity index is 1260. The third-order valence-electron chi connectivity index (χ3n) is 6.28. The molecule has 0 spiro atoms. The van der Waals surface area contributed by atoms with Gasteiger partial charge in [0.15, 0.2) is 0 Å². The van der Waals surface area contributed by atoms with Crippen molar-refractivity contribution in [3.8, 4) is 5.75 Å². The van der Waals surface area contributed by atoms with Crippen LogP contribution in [0.2, 0.25) is 0 Å². The first-order chi connectivity index (χ1) is 20.4. The van der Waals surface area contributed by atoms with E-state index < -0.39 is 0 Å². The Morgan fingerprint density at radius 2 is 1.71 bits per heavy atom. The smallest absolute Gasteiger partial charge is 0.134 e. The molecular formula is C39H56N2O. The maximum absolute atomic E-state index is 6.41. The van der Waals surface area contributed by atoms with Crippen molar-refractivity contribution in [3.05, 3.63) is 137 Å². The van der Waals surface area contributed by atoms with Crippen LogP contribution in [-0.4, -0.2) is 7.05 Å². The molecule has 1 aliphatic rings. The van der Waals surface area contributed by atoms with Gasteiger partial charge in [0.1, 0.15) is 5.75 Å². The topological polar surface area (TPSA) is 47.3 Å². The fourth-order valence-corrected chi connectivity index (χ4v) is 4.24. The normalized spacial score (nSPS) is 14.9. The molecule has 0 aromatic heterocycles. The van der Waals surface area contributed by atoms with Gasteiger partial charge in [0.25, 0.3) is 0 Å². The van der Waals surface area contributed by atoms with Crippen LogP contribution >= 0.6 is 0 Å². The summed E-state index contributed by atoms with van der Waals surface area (Å²) >= 11 is 0. The molecule has 0 saturated heterocycles. The molecule has 3 N–H and O–H groups in total. The molecule has 0 radical (unpaired) electrons. The first-order valence-electron chi connectivity index (χ1n) is 15.5. The number of nitrogens with one attached hydrogen (secondary N) is 1. The lowest BCUT2D eigenvalue weighted by Gasteiger charge is -2.20. The van der Waals surface area contributed by atoms with Crippen molar-refractivity contribution in [2.45, 2.75) is 81.1 Å².